The first kappa shape index (κ1) is 19.7. The molecule has 1 aliphatic heterocycles. The highest BCUT2D eigenvalue weighted by atomic mass is 35.5. The van der Waals surface area contributed by atoms with Crippen LogP contribution in [-0.2, 0) is 9.53 Å². The van der Waals surface area contributed by atoms with Gasteiger partial charge in [0, 0.05) is 37.6 Å². The van der Waals surface area contributed by atoms with E-state index in [0.717, 1.165) is 32.7 Å². The molecule has 1 saturated heterocycles. The van der Waals surface area contributed by atoms with Gasteiger partial charge in [-0.25, -0.2) is 0 Å². The van der Waals surface area contributed by atoms with Gasteiger partial charge in [0.25, 0.3) is 0 Å². The van der Waals surface area contributed by atoms with E-state index < -0.39 is 0 Å². The van der Waals surface area contributed by atoms with Crippen molar-refractivity contribution in [1.29, 1.82) is 0 Å². The van der Waals surface area contributed by atoms with Crippen LogP contribution in [0.5, 0.6) is 0 Å². The Labute approximate surface area is 140 Å². The molecule has 6 heteroatoms. The average molecular weight is 334 g/mol. The summed E-state index contributed by atoms with van der Waals surface area (Å²) in [6, 6.07) is 1.29. The minimum absolute atomic E-state index is 0. The Hall–Kier alpha value is -0.360. The number of nitrogens with one attached hydrogen (secondary N) is 3. The summed E-state index contributed by atoms with van der Waals surface area (Å²) in [7, 11) is 0. The summed E-state index contributed by atoms with van der Waals surface area (Å²) >= 11 is 0. The number of carbonyl (C=O) groups excluding carboxylic acids is 1. The molecule has 5 nitrogen and oxygen atoms in total. The van der Waals surface area contributed by atoms with E-state index in [1.807, 2.05) is 6.92 Å². The van der Waals surface area contributed by atoms with Gasteiger partial charge < -0.3 is 20.7 Å². The number of ether oxygens (including phenoxy) is 1. The van der Waals surface area contributed by atoms with E-state index in [1.165, 1.54) is 19.3 Å². The Morgan fingerprint density at radius 3 is 2.91 bits per heavy atom. The van der Waals surface area contributed by atoms with Crippen molar-refractivity contribution in [3.63, 3.8) is 0 Å². The molecular formula is C16H32ClN3O2. The van der Waals surface area contributed by atoms with E-state index in [9.17, 15) is 4.79 Å². The van der Waals surface area contributed by atoms with Crippen LogP contribution in [0.2, 0.25) is 0 Å². The van der Waals surface area contributed by atoms with Crippen molar-refractivity contribution >= 4 is 18.3 Å². The quantitative estimate of drug-likeness (QED) is 0.660. The number of hydrogen-bond acceptors (Lipinski definition) is 4. The van der Waals surface area contributed by atoms with Crippen LogP contribution in [0.3, 0.4) is 0 Å². The molecule has 0 radical (unpaired) electrons. The molecule has 0 aromatic rings. The van der Waals surface area contributed by atoms with Crippen LogP contribution in [0.15, 0.2) is 0 Å². The van der Waals surface area contributed by atoms with Gasteiger partial charge in [0.05, 0.1) is 13.2 Å². The normalized spacial score (nSPS) is 29.6. The fraction of sp³-hybridized carbons (Fsp3) is 0.938. The van der Waals surface area contributed by atoms with Crippen LogP contribution in [0.4, 0.5) is 0 Å². The molecule has 0 aromatic carbocycles. The molecule has 0 aromatic heterocycles. The van der Waals surface area contributed by atoms with Gasteiger partial charge in [-0.15, -0.1) is 12.4 Å². The fourth-order valence-electron chi connectivity index (χ4n) is 3.40. The smallest absolute Gasteiger partial charge is 0.221 e. The monoisotopic (exact) mass is 333 g/mol. The number of hydrogen-bond donors (Lipinski definition) is 3. The van der Waals surface area contributed by atoms with Crippen LogP contribution >= 0.6 is 12.4 Å². The molecule has 3 N–H and O–H groups in total. The molecule has 130 valence electrons. The largest absolute Gasteiger partial charge is 0.379 e. The Bertz CT molecular complexity index is 325. The lowest BCUT2D eigenvalue weighted by molar-refractivity contribution is -0.121. The lowest BCUT2D eigenvalue weighted by atomic mass is 9.94. The molecule has 2 fully saturated rings. The SMILES string of the molecule is CCC(C)NC(=O)CCNC1CCCC1C1COCCN1.Cl. The van der Waals surface area contributed by atoms with E-state index in [1.54, 1.807) is 0 Å². The van der Waals surface area contributed by atoms with Crippen molar-refractivity contribution < 1.29 is 9.53 Å². The van der Waals surface area contributed by atoms with E-state index in [2.05, 4.69) is 22.9 Å². The third-order valence-electron chi connectivity index (χ3n) is 4.81. The van der Waals surface area contributed by atoms with Crippen LogP contribution in [-0.4, -0.2) is 50.3 Å². The van der Waals surface area contributed by atoms with Gasteiger partial charge >= 0.3 is 0 Å². The second-order valence-corrected chi connectivity index (χ2v) is 6.42. The van der Waals surface area contributed by atoms with E-state index in [4.69, 9.17) is 4.74 Å². The molecule has 2 rings (SSSR count). The first-order valence-corrected chi connectivity index (χ1v) is 8.54. The summed E-state index contributed by atoms with van der Waals surface area (Å²) in [4.78, 5) is 11.8. The van der Waals surface area contributed by atoms with Crippen LogP contribution in [0.25, 0.3) is 0 Å². The average Bonchev–Trinajstić information content (AvgIpc) is 2.96. The zero-order valence-electron chi connectivity index (χ0n) is 13.9. The number of carbonyl (C=O) groups is 1. The molecule has 1 aliphatic carbocycles. The third kappa shape index (κ3) is 6.03. The first-order chi connectivity index (χ1) is 10.2. The number of halogens is 1. The van der Waals surface area contributed by atoms with Gasteiger partial charge in [-0.2, -0.15) is 0 Å². The molecular weight excluding hydrogens is 302 g/mol. The Balaban J connectivity index is 0.00000242. The molecule has 1 amide bonds. The minimum Gasteiger partial charge on any atom is -0.379 e. The van der Waals surface area contributed by atoms with Crippen molar-refractivity contribution in [2.24, 2.45) is 5.92 Å². The second kappa shape index (κ2) is 10.4. The van der Waals surface area contributed by atoms with Crippen molar-refractivity contribution in [1.82, 2.24) is 16.0 Å². The van der Waals surface area contributed by atoms with Gasteiger partial charge in [0.1, 0.15) is 0 Å². The Morgan fingerprint density at radius 2 is 2.23 bits per heavy atom. The van der Waals surface area contributed by atoms with Gasteiger partial charge in [0.15, 0.2) is 0 Å². The molecule has 2 aliphatic rings. The highest BCUT2D eigenvalue weighted by Crippen LogP contribution is 2.29. The predicted octanol–water partition coefficient (Wildman–Crippen LogP) is 1.46. The molecule has 1 heterocycles. The maximum absolute atomic E-state index is 11.8. The molecule has 0 bridgehead atoms. The Kier molecular flexibility index (Phi) is 9.33. The number of morpholine rings is 1. The maximum atomic E-state index is 11.8. The molecule has 4 unspecified atom stereocenters. The van der Waals surface area contributed by atoms with Crippen LogP contribution < -0.4 is 16.0 Å². The minimum atomic E-state index is 0. The summed E-state index contributed by atoms with van der Waals surface area (Å²) < 4.78 is 5.59. The van der Waals surface area contributed by atoms with Gasteiger partial charge in [-0.3, -0.25) is 4.79 Å². The Morgan fingerprint density at radius 1 is 1.41 bits per heavy atom. The van der Waals surface area contributed by atoms with Crippen molar-refractivity contribution in [2.75, 3.05) is 26.3 Å². The molecule has 1 saturated carbocycles. The van der Waals surface area contributed by atoms with Crippen molar-refractivity contribution in [3.05, 3.63) is 0 Å². The summed E-state index contributed by atoms with van der Waals surface area (Å²) in [5.74, 6) is 0.799. The third-order valence-corrected chi connectivity index (χ3v) is 4.81. The molecule has 22 heavy (non-hydrogen) atoms. The van der Waals surface area contributed by atoms with Crippen molar-refractivity contribution in [3.8, 4) is 0 Å². The highest BCUT2D eigenvalue weighted by Gasteiger charge is 2.34. The summed E-state index contributed by atoms with van der Waals surface area (Å²) in [5.41, 5.74) is 0. The highest BCUT2D eigenvalue weighted by molar-refractivity contribution is 5.85. The van der Waals surface area contributed by atoms with Crippen molar-refractivity contribution in [2.45, 2.75) is 64.1 Å². The topological polar surface area (TPSA) is 62.4 Å². The molecule has 0 spiro atoms. The van der Waals surface area contributed by atoms with Crippen LogP contribution in [0.1, 0.15) is 46.0 Å². The lowest BCUT2D eigenvalue weighted by Crippen LogP contribution is -2.51. The first-order valence-electron chi connectivity index (χ1n) is 8.54. The molecule has 4 atom stereocenters. The van der Waals surface area contributed by atoms with E-state index in [-0.39, 0.29) is 24.4 Å². The zero-order chi connectivity index (χ0) is 15.1. The van der Waals surface area contributed by atoms with Gasteiger partial charge in [0.2, 0.25) is 5.91 Å². The summed E-state index contributed by atoms with van der Waals surface area (Å²) in [6.45, 7) is 7.54. The predicted molar refractivity (Wildman–Crippen MR) is 91.5 cm³/mol. The van der Waals surface area contributed by atoms with Gasteiger partial charge in [-0.1, -0.05) is 13.3 Å². The maximum Gasteiger partial charge on any atom is 0.221 e. The zero-order valence-corrected chi connectivity index (χ0v) is 14.7. The fourth-order valence-corrected chi connectivity index (χ4v) is 3.40. The summed E-state index contributed by atoms with van der Waals surface area (Å²) in [6.07, 6.45) is 5.31. The standard InChI is InChI=1S/C16H31N3O2.ClH/c1-3-12(2)19-16(20)7-8-17-14-6-4-5-13(14)15-11-21-10-9-18-15;/h12-15,17-18H,3-11H2,1-2H3,(H,19,20);1H. The lowest BCUT2D eigenvalue weighted by Gasteiger charge is -2.33. The van der Waals surface area contributed by atoms with Gasteiger partial charge in [-0.05, 0) is 32.1 Å². The van der Waals surface area contributed by atoms with E-state index in [0.29, 0.717) is 24.4 Å². The number of amides is 1. The second-order valence-electron chi connectivity index (χ2n) is 6.42. The van der Waals surface area contributed by atoms with Crippen LogP contribution in [0, 0.1) is 5.92 Å². The summed E-state index contributed by atoms with van der Waals surface area (Å²) in [5, 5.41) is 10.2. The van der Waals surface area contributed by atoms with E-state index >= 15 is 0 Å². The number of rotatable bonds is 7.